The van der Waals surface area contributed by atoms with Gasteiger partial charge in [0.15, 0.2) is 0 Å². The van der Waals surface area contributed by atoms with Crippen LogP contribution in [0.1, 0.15) is 31.9 Å². The fourth-order valence-electron chi connectivity index (χ4n) is 2.67. The van der Waals surface area contributed by atoms with Crippen molar-refractivity contribution in [3.63, 3.8) is 0 Å². The summed E-state index contributed by atoms with van der Waals surface area (Å²) in [5.74, 6) is -0.0634. The molecule has 1 aliphatic heterocycles. The number of benzene rings is 1. The highest BCUT2D eigenvalue weighted by Crippen LogP contribution is 2.21. The Morgan fingerprint density at radius 2 is 2.05 bits per heavy atom. The Bertz CT molecular complexity index is 464. The lowest BCUT2D eigenvalue weighted by molar-refractivity contribution is -0.126. The second-order valence-corrected chi connectivity index (χ2v) is 5.77. The van der Waals surface area contributed by atoms with Crippen LogP contribution in [0.3, 0.4) is 0 Å². The first-order valence-corrected chi connectivity index (χ1v) is 7.90. The van der Waals surface area contributed by atoms with Gasteiger partial charge in [0.2, 0.25) is 5.91 Å². The fraction of sp³-hybridized carbons (Fsp3) is 0.562. The Balaban J connectivity index is 2.00. The van der Waals surface area contributed by atoms with E-state index in [2.05, 4.69) is 17.6 Å². The van der Waals surface area contributed by atoms with E-state index < -0.39 is 0 Å². The molecule has 0 bridgehead atoms. The van der Waals surface area contributed by atoms with Crippen LogP contribution < -0.4 is 10.6 Å². The van der Waals surface area contributed by atoms with Crippen LogP contribution in [0.15, 0.2) is 24.3 Å². The van der Waals surface area contributed by atoms with Crippen molar-refractivity contribution in [1.29, 1.82) is 0 Å². The molecule has 0 spiro atoms. The summed E-state index contributed by atoms with van der Waals surface area (Å²) in [6.07, 6.45) is 0.840. The number of hydrogen-bond acceptors (Lipinski definition) is 3. The van der Waals surface area contributed by atoms with Gasteiger partial charge in [0.1, 0.15) is 0 Å². The SMILES string of the molecule is CCNC1COCC1C(=O)NC(CC)c1ccc(Cl)cc1. The molecule has 5 heteroatoms. The van der Waals surface area contributed by atoms with E-state index in [1.807, 2.05) is 31.2 Å². The first kappa shape index (κ1) is 16.3. The van der Waals surface area contributed by atoms with Gasteiger partial charge in [-0.15, -0.1) is 0 Å². The Labute approximate surface area is 131 Å². The number of ether oxygens (including phenoxy) is 1. The lowest BCUT2D eigenvalue weighted by atomic mass is 9.99. The van der Waals surface area contributed by atoms with Gasteiger partial charge in [-0.3, -0.25) is 4.79 Å². The van der Waals surface area contributed by atoms with E-state index in [0.29, 0.717) is 18.2 Å². The molecule has 1 saturated heterocycles. The smallest absolute Gasteiger partial charge is 0.227 e. The molecule has 1 aliphatic rings. The standard InChI is InChI=1S/C16H23ClN2O2/c1-3-14(11-5-7-12(17)8-6-11)19-16(20)13-9-21-10-15(13)18-4-2/h5-8,13-15,18H,3-4,9-10H2,1-2H3,(H,19,20). The monoisotopic (exact) mass is 310 g/mol. The molecule has 4 nitrogen and oxygen atoms in total. The Hall–Kier alpha value is -1.10. The van der Waals surface area contributed by atoms with Crippen LogP contribution in [-0.2, 0) is 9.53 Å². The summed E-state index contributed by atoms with van der Waals surface area (Å²) in [6, 6.07) is 7.75. The van der Waals surface area contributed by atoms with Gasteiger partial charge in [-0.1, -0.05) is 37.6 Å². The van der Waals surface area contributed by atoms with Crippen molar-refractivity contribution in [3.8, 4) is 0 Å². The van der Waals surface area contributed by atoms with Crippen molar-refractivity contribution in [3.05, 3.63) is 34.9 Å². The zero-order chi connectivity index (χ0) is 15.2. The first-order valence-electron chi connectivity index (χ1n) is 7.52. The summed E-state index contributed by atoms with van der Waals surface area (Å²) in [7, 11) is 0. The Kier molecular flexibility index (Phi) is 6.03. The maximum absolute atomic E-state index is 12.5. The molecule has 1 amide bonds. The topological polar surface area (TPSA) is 50.4 Å². The molecule has 2 N–H and O–H groups in total. The Morgan fingerprint density at radius 3 is 2.67 bits per heavy atom. The Morgan fingerprint density at radius 1 is 1.33 bits per heavy atom. The van der Waals surface area contributed by atoms with Crippen molar-refractivity contribution in [2.24, 2.45) is 5.92 Å². The van der Waals surface area contributed by atoms with Gasteiger partial charge in [-0.25, -0.2) is 0 Å². The summed E-state index contributed by atoms with van der Waals surface area (Å²) >= 11 is 5.91. The molecular formula is C16H23ClN2O2. The highest BCUT2D eigenvalue weighted by Gasteiger charge is 2.34. The maximum Gasteiger partial charge on any atom is 0.227 e. The lowest BCUT2D eigenvalue weighted by Gasteiger charge is -2.22. The molecule has 116 valence electrons. The molecule has 21 heavy (non-hydrogen) atoms. The van der Waals surface area contributed by atoms with Gasteiger partial charge in [0.05, 0.1) is 25.2 Å². The van der Waals surface area contributed by atoms with Gasteiger partial charge < -0.3 is 15.4 Å². The third kappa shape index (κ3) is 4.19. The van der Waals surface area contributed by atoms with Gasteiger partial charge in [0.25, 0.3) is 0 Å². The highest BCUT2D eigenvalue weighted by molar-refractivity contribution is 6.30. The quantitative estimate of drug-likeness (QED) is 0.849. The van der Waals surface area contributed by atoms with E-state index in [1.54, 1.807) is 0 Å². The summed E-state index contributed by atoms with van der Waals surface area (Å²) in [5.41, 5.74) is 1.08. The molecule has 1 heterocycles. The van der Waals surface area contributed by atoms with E-state index >= 15 is 0 Å². The van der Waals surface area contributed by atoms with Gasteiger partial charge in [-0.2, -0.15) is 0 Å². The number of rotatable bonds is 6. The maximum atomic E-state index is 12.5. The second-order valence-electron chi connectivity index (χ2n) is 5.33. The normalized spacial score (nSPS) is 23.0. The molecule has 1 fully saturated rings. The lowest BCUT2D eigenvalue weighted by Crippen LogP contribution is -2.44. The van der Waals surface area contributed by atoms with Crippen molar-refractivity contribution in [2.75, 3.05) is 19.8 Å². The number of halogens is 1. The number of carbonyl (C=O) groups is 1. The van der Waals surface area contributed by atoms with E-state index in [0.717, 1.165) is 18.5 Å². The molecule has 1 aromatic rings. The van der Waals surface area contributed by atoms with E-state index in [4.69, 9.17) is 16.3 Å². The molecule has 3 atom stereocenters. The van der Waals surface area contributed by atoms with Crippen molar-refractivity contribution < 1.29 is 9.53 Å². The molecule has 0 saturated carbocycles. The van der Waals surface area contributed by atoms with Crippen LogP contribution in [0.25, 0.3) is 0 Å². The van der Waals surface area contributed by atoms with Gasteiger partial charge in [0, 0.05) is 11.1 Å². The summed E-state index contributed by atoms with van der Waals surface area (Å²) < 4.78 is 5.44. The van der Waals surface area contributed by atoms with E-state index in [9.17, 15) is 4.79 Å². The molecule has 1 aromatic carbocycles. The van der Waals surface area contributed by atoms with Crippen LogP contribution in [-0.4, -0.2) is 31.7 Å². The van der Waals surface area contributed by atoms with Crippen LogP contribution in [0.4, 0.5) is 0 Å². The van der Waals surface area contributed by atoms with Crippen molar-refractivity contribution in [2.45, 2.75) is 32.4 Å². The van der Waals surface area contributed by atoms with Crippen LogP contribution in [0, 0.1) is 5.92 Å². The zero-order valence-electron chi connectivity index (χ0n) is 12.6. The van der Waals surface area contributed by atoms with E-state index in [-0.39, 0.29) is 23.9 Å². The second kappa shape index (κ2) is 7.78. The number of amides is 1. The third-order valence-corrected chi connectivity index (χ3v) is 4.13. The summed E-state index contributed by atoms with van der Waals surface area (Å²) in [4.78, 5) is 12.5. The van der Waals surface area contributed by atoms with E-state index in [1.165, 1.54) is 0 Å². The molecule has 3 unspecified atom stereocenters. The molecule has 0 aliphatic carbocycles. The zero-order valence-corrected chi connectivity index (χ0v) is 13.3. The summed E-state index contributed by atoms with van der Waals surface area (Å²) in [5, 5.41) is 7.15. The van der Waals surface area contributed by atoms with Crippen molar-refractivity contribution >= 4 is 17.5 Å². The first-order chi connectivity index (χ1) is 10.2. The third-order valence-electron chi connectivity index (χ3n) is 3.88. The average Bonchev–Trinajstić information content (AvgIpc) is 2.94. The number of carbonyl (C=O) groups excluding carboxylic acids is 1. The molecule has 0 radical (unpaired) electrons. The minimum Gasteiger partial charge on any atom is -0.379 e. The minimum absolute atomic E-state index is 0.0117. The predicted octanol–water partition coefficient (Wildman–Crippen LogP) is 2.53. The minimum atomic E-state index is -0.119. The largest absolute Gasteiger partial charge is 0.379 e. The van der Waals surface area contributed by atoms with Crippen LogP contribution in [0.2, 0.25) is 5.02 Å². The fourth-order valence-corrected chi connectivity index (χ4v) is 2.80. The van der Waals surface area contributed by atoms with Gasteiger partial charge in [-0.05, 0) is 30.7 Å². The van der Waals surface area contributed by atoms with Gasteiger partial charge >= 0.3 is 0 Å². The predicted molar refractivity (Wildman–Crippen MR) is 84.4 cm³/mol. The van der Waals surface area contributed by atoms with Crippen molar-refractivity contribution in [1.82, 2.24) is 10.6 Å². The number of nitrogens with one attached hydrogen (secondary N) is 2. The number of hydrogen-bond donors (Lipinski definition) is 2. The average molecular weight is 311 g/mol. The molecule has 2 rings (SSSR count). The molecular weight excluding hydrogens is 288 g/mol. The van der Waals surface area contributed by atoms with Crippen LogP contribution >= 0.6 is 11.6 Å². The number of likely N-dealkylation sites (N-methyl/N-ethyl adjacent to an activating group) is 1. The summed E-state index contributed by atoms with van der Waals surface area (Å²) in [6.45, 7) is 6.03. The molecule has 0 aromatic heterocycles. The highest BCUT2D eigenvalue weighted by atomic mass is 35.5. The van der Waals surface area contributed by atoms with Crippen LogP contribution in [0.5, 0.6) is 0 Å².